The molecule has 0 radical (unpaired) electrons. The lowest BCUT2D eigenvalue weighted by Gasteiger charge is -2.24. The van der Waals surface area contributed by atoms with Crippen molar-refractivity contribution in [3.63, 3.8) is 0 Å². The number of ether oxygens (including phenoxy) is 1. The van der Waals surface area contributed by atoms with E-state index in [1.165, 1.54) is 31.9 Å². The van der Waals surface area contributed by atoms with E-state index in [2.05, 4.69) is 27.7 Å². The Kier molecular flexibility index (Phi) is 14.7. The standard InChI is InChI=1S/C23H48O4S/c1-22(2,14-7-6-10-18-24)15-8-11-19-27-20-12-9-16-23(3,4)17-13-21-28(5,25)26/h24H,6-21H2,1-5H3. The van der Waals surface area contributed by atoms with E-state index in [0.717, 1.165) is 64.6 Å². The lowest BCUT2D eigenvalue weighted by Crippen LogP contribution is -2.14. The zero-order valence-corrected chi connectivity index (χ0v) is 20.2. The maximum atomic E-state index is 11.2. The smallest absolute Gasteiger partial charge is 0.147 e. The summed E-state index contributed by atoms with van der Waals surface area (Å²) in [5.41, 5.74) is 0.617. The highest BCUT2D eigenvalue weighted by molar-refractivity contribution is 7.90. The molecule has 170 valence electrons. The highest BCUT2D eigenvalue weighted by atomic mass is 32.2. The maximum Gasteiger partial charge on any atom is 0.147 e. The van der Waals surface area contributed by atoms with Gasteiger partial charge in [-0.05, 0) is 62.2 Å². The summed E-state index contributed by atoms with van der Waals surface area (Å²) in [5.74, 6) is 0.305. The van der Waals surface area contributed by atoms with E-state index >= 15 is 0 Å². The fourth-order valence-electron chi connectivity index (χ4n) is 3.67. The van der Waals surface area contributed by atoms with E-state index in [9.17, 15) is 8.42 Å². The topological polar surface area (TPSA) is 63.6 Å². The molecule has 0 aliphatic heterocycles. The van der Waals surface area contributed by atoms with Gasteiger partial charge in [-0.3, -0.25) is 0 Å². The molecule has 5 heteroatoms. The van der Waals surface area contributed by atoms with Gasteiger partial charge < -0.3 is 9.84 Å². The van der Waals surface area contributed by atoms with Crippen LogP contribution in [0.1, 0.15) is 105 Å². The van der Waals surface area contributed by atoms with Crippen molar-refractivity contribution in [2.24, 2.45) is 10.8 Å². The summed E-state index contributed by atoms with van der Waals surface area (Å²) in [5, 5.41) is 8.84. The van der Waals surface area contributed by atoms with Gasteiger partial charge in [0.25, 0.3) is 0 Å². The second-order valence-electron chi connectivity index (χ2n) is 10.1. The lowest BCUT2D eigenvalue weighted by atomic mass is 9.82. The minimum Gasteiger partial charge on any atom is -0.396 e. The van der Waals surface area contributed by atoms with Crippen LogP contribution in [0, 0.1) is 10.8 Å². The molecule has 0 aliphatic carbocycles. The third kappa shape index (κ3) is 19.2. The van der Waals surface area contributed by atoms with Crippen LogP contribution in [0.5, 0.6) is 0 Å². The molecule has 0 aromatic carbocycles. The Morgan fingerprint density at radius 3 is 1.54 bits per heavy atom. The number of aliphatic hydroxyl groups excluding tert-OH is 1. The number of aliphatic hydroxyl groups is 1. The maximum absolute atomic E-state index is 11.2. The predicted molar refractivity (Wildman–Crippen MR) is 121 cm³/mol. The SMILES string of the molecule is CC(C)(CCCCCO)CCCCOCCCCC(C)(C)CCCS(C)(=O)=O. The van der Waals surface area contributed by atoms with Gasteiger partial charge in [-0.15, -0.1) is 0 Å². The van der Waals surface area contributed by atoms with Gasteiger partial charge in [-0.1, -0.05) is 53.4 Å². The highest BCUT2D eigenvalue weighted by Gasteiger charge is 2.18. The molecule has 0 unspecified atom stereocenters. The highest BCUT2D eigenvalue weighted by Crippen LogP contribution is 2.30. The van der Waals surface area contributed by atoms with E-state index in [-0.39, 0.29) is 5.41 Å². The van der Waals surface area contributed by atoms with Gasteiger partial charge in [-0.2, -0.15) is 0 Å². The molecule has 28 heavy (non-hydrogen) atoms. The minimum absolute atomic E-state index is 0.216. The first-order valence-corrected chi connectivity index (χ1v) is 13.4. The molecule has 0 fully saturated rings. The molecule has 0 aromatic rings. The summed E-state index contributed by atoms with van der Waals surface area (Å²) in [6.07, 6.45) is 14.5. The number of unbranched alkanes of at least 4 members (excludes halogenated alkanes) is 4. The normalized spacial score (nSPS) is 13.2. The van der Waals surface area contributed by atoms with Crippen LogP contribution in [0.2, 0.25) is 0 Å². The van der Waals surface area contributed by atoms with E-state index in [1.807, 2.05) is 0 Å². The van der Waals surface area contributed by atoms with Crippen LogP contribution in [-0.4, -0.2) is 45.4 Å². The molecule has 0 aliphatic rings. The second kappa shape index (κ2) is 14.8. The first-order valence-electron chi connectivity index (χ1n) is 11.3. The van der Waals surface area contributed by atoms with E-state index in [1.54, 1.807) is 0 Å². The predicted octanol–water partition coefficient (Wildman–Crippen LogP) is 5.77. The summed E-state index contributed by atoms with van der Waals surface area (Å²) in [6.45, 7) is 11.2. The summed E-state index contributed by atoms with van der Waals surface area (Å²) in [4.78, 5) is 0. The molecule has 0 atom stereocenters. The van der Waals surface area contributed by atoms with Crippen LogP contribution in [0.3, 0.4) is 0 Å². The van der Waals surface area contributed by atoms with Crippen LogP contribution in [-0.2, 0) is 14.6 Å². The largest absolute Gasteiger partial charge is 0.396 e. The number of hydrogen-bond donors (Lipinski definition) is 1. The van der Waals surface area contributed by atoms with Crippen molar-refractivity contribution >= 4 is 9.84 Å². The van der Waals surface area contributed by atoms with Gasteiger partial charge in [0.2, 0.25) is 0 Å². The molecule has 0 spiro atoms. The Morgan fingerprint density at radius 2 is 1.11 bits per heavy atom. The van der Waals surface area contributed by atoms with Crippen LogP contribution in [0.4, 0.5) is 0 Å². The van der Waals surface area contributed by atoms with Crippen molar-refractivity contribution in [2.75, 3.05) is 31.8 Å². The lowest BCUT2D eigenvalue weighted by molar-refractivity contribution is 0.119. The van der Waals surface area contributed by atoms with Gasteiger partial charge >= 0.3 is 0 Å². The first kappa shape index (κ1) is 27.9. The van der Waals surface area contributed by atoms with Crippen LogP contribution in [0.15, 0.2) is 0 Å². The molecule has 0 saturated carbocycles. The third-order valence-corrected chi connectivity index (χ3v) is 6.70. The fourth-order valence-corrected chi connectivity index (χ4v) is 4.34. The first-order chi connectivity index (χ1) is 13.0. The van der Waals surface area contributed by atoms with E-state index < -0.39 is 9.84 Å². The van der Waals surface area contributed by atoms with Crippen molar-refractivity contribution in [1.29, 1.82) is 0 Å². The van der Waals surface area contributed by atoms with Gasteiger partial charge in [0.05, 0.1) is 0 Å². The van der Waals surface area contributed by atoms with Crippen molar-refractivity contribution in [3.8, 4) is 0 Å². The van der Waals surface area contributed by atoms with Gasteiger partial charge in [0.15, 0.2) is 0 Å². The monoisotopic (exact) mass is 420 g/mol. The zero-order valence-electron chi connectivity index (χ0n) is 19.4. The molecule has 0 aromatic heterocycles. The Balaban J connectivity index is 3.58. The van der Waals surface area contributed by atoms with Crippen molar-refractivity contribution in [2.45, 2.75) is 105 Å². The van der Waals surface area contributed by atoms with Crippen molar-refractivity contribution < 1.29 is 18.3 Å². The minimum atomic E-state index is -2.83. The average molecular weight is 421 g/mol. The molecule has 4 nitrogen and oxygen atoms in total. The van der Waals surface area contributed by atoms with Crippen LogP contribution in [0.25, 0.3) is 0 Å². The van der Waals surface area contributed by atoms with Crippen LogP contribution < -0.4 is 0 Å². The van der Waals surface area contributed by atoms with Crippen molar-refractivity contribution in [3.05, 3.63) is 0 Å². The van der Waals surface area contributed by atoms with E-state index in [4.69, 9.17) is 9.84 Å². The molecule has 0 rings (SSSR count). The fraction of sp³-hybridized carbons (Fsp3) is 1.00. The molecule has 0 amide bonds. The molecule has 0 heterocycles. The van der Waals surface area contributed by atoms with Crippen molar-refractivity contribution in [1.82, 2.24) is 0 Å². The zero-order chi connectivity index (χ0) is 21.5. The quantitative estimate of drug-likeness (QED) is 0.269. The second-order valence-corrected chi connectivity index (χ2v) is 12.4. The molecule has 1 N–H and O–H groups in total. The Bertz CT molecular complexity index is 469. The molecule has 0 bridgehead atoms. The Morgan fingerprint density at radius 1 is 0.679 bits per heavy atom. The number of sulfone groups is 1. The van der Waals surface area contributed by atoms with Gasteiger partial charge in [0, 0.05) is 31.8 Å². The molecular weight excluding hydrogens is 372 g/mol. The van der Waals surface area contributed by atoms with E-state index in [0.29, 0.717) is 17.8 Å². The van der Waals surface area contributed by atoms with Gasteiger partial charge in [0.1, 0.15) is 9.84 Å². The number of rotatable bonds is 19. The van der Waals surface area contributed by atoms with Crippen LogP contribution >= 0.6 is 0 Å². The molecule has 0 saturated heterocycles. The summed E-state index contributed by atoms with van der Waals surface area (Å²) in [7, 11) is -2.83. The summed E-state index contributed by atoms with van der Waals surface area (Å²) in [6, 6.07) is 0. The van der Waals surface area contributed by atoms with Gasteiger partial charge in [-0.25, -0.2) is 8.42 Å². The average Bonchev–Trinajstić information content (AvgIpc) is 2.55. The molecular formula is C23H48O4S. The Labute approximate surface area is 175 Å². The summed E-state index contributed by atoms with van der Waals surface area (Å²) < 4.78 is 28.2. The Hall–Kier alpha value is -0.130. The summed E-state index contributed by atoms with van der Waals surface area (Å²) >= 11 is 0. The third-order valence-electron chi connectivity index (χ3n) is 5.66. The number of hydrogen-bond acceptors (Lipinski definition) is 4.